The van der Waals surface area contributed by atoms with E-state index in [9.17, 15) is 4.79 Å². The first-order valence-electron chi connectivity index (χ1n) is 5.27. The second-order valence-corrected chi connectivity index (χ2v) is 4.80. The van der Waals surface area contributed by atoms with Crippen LogP contribution in [0.5, 0.6) is 0 Å². The van der Waals surface area contributed by atoms with E-state index in [1.165, 1.54) is 17.7 Å². The van der Waals surface area contributed by atoms with Crippen molar-refractivity contribution in [3.8, 4) is 5.82 Å². The number of aryl methyl sites for hydroxylation is 1. The molecule has 18 heavy (non-hydrogen) atoms. The Labute approximate surface area is 106 Å². The molecule has 3 rings (SSSR count). The van der Waals surface area contributed by atoms with Crippen molar-refractivity contribution < 1.29 is 9.90 Å². The number of hydrogen-bond donors (Lipinski definition) is 1. The lowest BCUT2D eigenvalue weighted by atomic mass is 10.2. The fraction of sp³-hybridized carbons (Fsp3) is 0.0833. The van der Waals surface area contributed by atoms with E-state index in [0.717, 1.165) is 10.2 Å². The second kappa shape index (κ2) is 3.92. The van der Waals surface area contributed by atoms with Gasteiger partial charge < -0.3 is 9.67 Å². The SMILES string of the molecule is Cc1cn(-c2ncnc3sccc23)cc1C(=O)O. The Morgan fingerprint density at radius 3 is 2.94 bits per heavy atom. The van der Waals surface area contributed by atoms with Crippen molar-refractivity contribution in [1.29, 1.82) is 0 Å². The van der Waals surface area contributed by atoms with Gasteiger partial charge in [-0.15, -0.1) is 11.3 Å². The minimum atomic E-state index is -0.929. The summed E-state index contributed by atoms with van der Waals surface area (Å²) in [6, 6.07) is 1.94. The average Bonchev–Trinajstić information content (AvgIpc) is 2.94. The summed E-state index contributed by atoms with van der Waals surface area (Å²) in [7, 11) is 0. The molecule has 0 unspecified atom stereocenters. The molecule has 0 aliphatic carbocycles. The standard InChI is InChI=1S/C12H9N3O2S/c1-7-4-15(5-9(7)12(16)17)10-8-2-3-18-11(8)14-6-13-10/h2-6H,1H3,(H,16,17). The first kappa shape index (κ1) is 10.9. The molecule has 6 heteroatoms. The van der Waals surface area contributed by atoms with Gasteiger partial charge in [-0.25, -0.2) is 14.8 Å². The Morgan fingerprint density at radius 2 is 2.22 bits per heavy atom. The fourth-order valence-corrected chi connectivity index (χ4v) is 2.61. The number of hydrogen-bond acceptors (Lipinski definition) is 4. The smallest absolute Gasteiger partial charge is 0.337 e. The molecule has 0 saturated heterocycles. The maximum atomic E-state index is 11.0. The number of carboxylic acid groups (broad SMARTS) is 1. The van der Waals surface area contributed by atoms with Crippen LogP contribution >= 0.6 is 11.3 Å². The van der Waals surface area contributed by atoms with Gasteiger partial charge in [-0.1, -0.05) is 0 Å². The van der Waals surface area contributed by atoms with Gasteiger partial charge in [0.15, 0.2) is 0 Å². The van der Waals surface area contributed by atoms with E-state index in [2.05, 4.69) is 9.97 Å². The first-order chi connectivity index (χ1) is 8.66. The summed E-state index contributed by atoms with van der Waals surface area (Å²) in [5.41, 5.74) is 1.00. The molecule has 0 radical (unpaired) electrons. The highest BCUT2D eigenvalue weighted by molar-refractivity contribution is 7.16. The molecule has 0 amide bonds. The largest absolute Gasteiger partial charge is 0.478 e. The number of carboxylic acids is 1. The van der Waals surface area contributed by atoms with Crippen molar-refractivity contribution in [2.45, 2.75) is 6.92 Å². The zero-order valence-electron chi connectivity index (χ0n) is 9.49. The highest BCUT2D eigenvalue weighted by atomic mass is 32.1. The summed E-state index contributed by atoms with van der Waals surface area (Å²) in [5, 5.41) is 11.9. The summed E-state index contributed by atoms with van der Waals surface area (Å²) in [4.78, 5) is 20.3. The first-order valence-corrected chi connectivity index (χ1v) is 6.15. The van der Waals surface area contributed by atoms with Crippen LogP contribution in [0, 0.1) is 6.92 Å². The number of aromatic nitrogens is 3. The lowest BCUT2D eigenvalue weighted by Crippen LogP contribution is -1.97. The molecule has 90 valence electrons. The van der Waals surface area contributed by atoms with Gasteiger partial charge in [0.2, 0.25) is 0 Å². The van der Waals surface area contributed by atoms with Gasteiger partial charge >= 0.3 is 5.97 Å². The molecular formula is C12H9N3O2S. The van der Waals surface area contributed by atoms with Gasteiger partial charge in [0, 0.05) is 12.4 Å². The van der Waals surface area contributed by atoms with Gasteiger partial charge in [0.25, 0.3) is 0 Å². The summed E-state index contributed by atoms with van der Waals surface area (Å²) in [6.45, 7) is 1.77. The number of rotatable bonds is 2. The highest BCUT2D eigenvalue weighted by Crippen LogP contribution is 2.24. The molecule has 0 aliphatic rings. The Kier molecular flexibility index (Phi) is 2.38. The van der Waals surface area contributed by atoms with Crippen molar-refractivity contribution in [3.63, 3.8) is 0 Å². The quantitative estimate of drug-likeness (QED) is 0.767. The van der Waals surface area contributed by atoms with E-state index in [0.29, 0.717) is 11.4 Å². The van der Waals surface area contributed by atoms with Crippen LogP contribution in [0.4, 0.5) is 0 Å². The van der Waals surface area contributed by atoms with Crippen LogP contribution in [-0.4, -0.2) is 25.6 Å². The molecule has 3 heterocycles. The topological polar surface area (TPSA) is 68.0 Å². The van der Waals surface area contributed by atoms with Crippen molar-refractivity contribution in [3.05, 3.63) is 41.3 Å². The molecule has 0 aromatic carbocycles. The Bertz CT molecular complexity index is 745. The molecule has 0 aliphatic heterocycles. The van der Waals surface area contributed by atoms with E-state index in [4.69, 9.17) is 5.11 Å². The monoisotopic (exact) mass is 259 g/mol. The van der Waals surface area contributed by atoms with Crippen LogP contribution < -0.4 is 0 Å². The van der Waals surface area contributed by atoms with E-state index in [-0.39, 0.29) is 5.56 Å². The third-order valence-electron chi connectivity index (χ3n) is 2.74. The van der Waals surface area contributed by atoms with Crippen LogP contribution in [0.15, 0.2) is 30.2 Å². The van der Waals surface area contributed by atoms with E-state index in [1.807, 2.05) is 11.4 Å². The van der Waals surface area contributed by atoms with Crippen molar-refractivity contribution in [1.82, 2.24) is 14.5 Å². The number of carbonyl (C=O) groups is 1. The van der Waals surface area contributed by atoms with E-state index >= 15 is 0 Å². The van der Waals surface area contributed by atoms with Gasteiger partial charge in [0.1, 0.15) is 17.0 Å². The van der Waals surface area contributed by atoms with Gasteiger partial charge in [-0.3, -0.25) is 0 Å². The predicted octanol–water partition coefficient (Wildman–Crippen LogP) is 2.49. The minimum absolute atomic E-state index is 0.289. The molecule has 0 bridgehead atoms. The molecule has 1 N–H and O–H groups in total. The molecule has 5 nitrogen and oxygen atoms in total. The van der Waals surface area contributed by atoms with Crippen LogP contribution in [0.2, 0.25) is 0 Å². The normalized spacial score (nSPS) is 10.9. The molecule has 0 saturated carbocycles. The van der Waals surface area contributed by atoms with E-state index in [1.54, 1.807) is 23.9 Å². The zero-order chi connectivity index (χ0) is 12.7. The summed E-state index contributed by atoms with van der Waals surface area (Å²) >= 11 is 1.53. The average molecular weight is 259 g/mol. The molecule has 0 atom stereocenters. The summed E-state index contributed by atoms with van der Waals surface area (Å²) in [6.07, 6.45) is 4.84. The van der Waals surface area contributed by atoms with Gasteiger partial charge in [0.05, 0.1) is 10.9 Å². The third kappa shape index (κ3) is 1.58. The molecule has 3 aromatic rings. The van der Waals surface area contributed by atoms with Crippen molar-refractivity contribution >= 4 is 27.5 Å². The summed E-state index contributed by atoms with van der Waals surface area (Å²) < 4.78 is 1.73. The molecular weight excluding hydrogens is 250 g/mol. The van der Waals surface area contributed by atoms with Crippen LogP contribution in [0.25, 0.3) is 16.0 Å². The summed E-state index contributed by atoms with van der Waals surface area (Å²) in [5.74, 6) is -0.223. The maximum absolute atomic E-state index is 11.0. The maximum Gasteiger partial charge on any atom is 0.337 e. The van der Waals surface area contributed by atoms with E-state index < -0.39 is 5.97 Å². The zero-order valence-corrected chi connectivity index (χ0v) is 10.3. The molecule has 0 spiro atoms. The van der Waals surface area contributed by atoms with Crippen molar-refractivity contribution in [2.75, 3.05) is 0 Å². The van der Waals surface area contributed by atoms with Crippen LogP contribution in [0.3, 0.4) is 0 Å². The number of fused-ring (bicyclic) bond motifs is 1. The number of thiophene rings is 1. The molecule has 3 aromatic heterocycles. The third-order valence-corrected chi connectivity index (χ3v) is 3.56. The lowest BCUT2D eigenvalue weighted by molar-refractivity contribution is 0.0696. The van der Waals surface area contributed by atoms with Gasteiger partial charge in [-0.05, 0) is 23.9 Å². The second-order valence-electron chi connectivity index (χ2n) is 3.90. The minimum Gasteiger partial charge on any atom is -0.478 e. The van der Waals surface area contributed by atoms with Crippen molar-refractivity contribution in [2.24, 2.45) is 0 Å². The Balaban J connectivity index is 2.23. The lowest BCUT2D eigenvalue weighted by Gasteiger charge is -2.02. The highest BCUT2D eigenvalue weighted by Gasteiger charge is 2.13. The van der Waals surface area contributed by atoms with Crippen LogP contribution in [-0.2, 0) is 0 Å². The molecule has 0 fully saturated rings. The number of aromatic carboxylic acids is 1. The fourth-order valence-electron chi connectivity index (χ4n) is 1.89. The Morgan fingerprint density at radius 1 is 1.39 bits per heavy atom. The Hall–Kier alpha value is -2.21. The van der Waals surface area contributed by atoms with Crippen LogP contribution in [0.1, 0.15) is 15.9 Å². The van der Waals surface area contributed by atoms with Gasteiger partial charge in [-0.2, -0.15) is 0 Å². The predicted molar refractivity (Wildman–Crippen MR) is 68.4 cm³/mol. The number of nitrogens with zero attached hydrogens (tertiary/aromatic N) is 3.